The van der Waals surface area contributed by atoms with Gasteiger partial charge in [-0.1, -0.05) is 11.6 Å². The van der Waals surface area contributed by atoms with Crippen LogP contribution in [0.3, 0.4) is 0 Å². The van der Waals surface area contributed by atoms with Gasteiger partial charge in [0.25, 0.3) is 0 Å². The van der Waals surface area contributed by atoms with E-state index < -0.39 is 5.97 Å². The largest absolute Gasteiger partial charge is 0.496 e. The first kappa shape index (κ1) is 16.1. The third kappa shape index (κ3) is 3.67. The number of aromatic carboxylic acids is 1. The van der Waals surface area contributed by atoms with Crippen molar-refractivity contribution < 1.29 is 19.4 Å². The Bertz CT molecular complexity index is 619. The van der Waals surface area contributed by atoms with Crippen LogP contribution in [0.25, 0.3) is 0 Å². The van der Waals surface area contributed by atoms with Gasteiger partial charge in [-0.15, -0.1) is 0 Å². The first-order valence-electron chi connectivity index (χ1n) is 7.40. The highest BCUT2D eigenvalue weighted by Crippen LogP contribution is 2.25. The Morgan fingerprint density at radius 1 is 1.32 bits per heavy atom. The number of benzene rings is 1. The molecule has 0 atom stereocenters. The van der Waals surface area contributed by atoms with Crippen molar-refractivity contribution in [1.29, 1.82) is 0 Å². The smallest absolute Gasteiger partial charge is 0.335 e. The Kier molecular flexibility index (Phi) is 5.20. The molecule has 1 aromatic rings. The van der Waals surface area contributed by atoms with E-state index in [1.807, 2.05) is 6.92 Å². The predicted molar refractivity (Wildman–Crippen MR) is 83.2 cm³/mol. The summed E-state index contributed by atoms with van der Waals surface area (Å²) in [5, 5.41) is 11.9. The van der Waals surface area contributed by atoms with Gasteiger partial charge in [-0.3, -0.25) is 4.79 Å². The summed E-state index contributed by atoms with van der Waals surface area (Å²) in [6.07, 6.45) is 3.52. The highest BCUT2D eigenvalue weighted by Gasteiger charge is 2.17. The normalized spacial score (nSPS) is 14.1. The van der Waals surface area contributed by atoms with E-state index in [9.17, 15) is 9.59 Å². The van der Waals surface area contributed by atoms with Crippen LogP contribution in [0.1, 0.15) is 42.1 Å². The van der Waals surface area contributed by atoms with Crippen molar-refractivity contribution in [2.24, 2.45) is 0 Å². The van der Waals surface area contributed by atoms with Crippen LogP contribution in [0, 0.1) is 0 Å². The van der Waals surface area contributed by atoms with Crippen molar-refractivity contribution >= 4 is 11.9 Å². The second-order valence-electron chi connectivity index (χ2n) is 5.45. The molecule has 0 saturated carbocycles. The molecule has 1 amide bonds. The molecule has 2 N–H and O–H groups in total. The Labute approximate surface area is 130 Å². The van der Waals surface area contributed by atoms with E-state index >= 15 is 0 Å². The molecule has 0 fully saturated rings. The molecule has 0 saturated heterocycles. The molecule has 0 aliphatic heterocycles. The Hall–Kier alpha value is -2.30. The second kappa shape index (κ2) is 7.11. The quantitative estimate of drug-likeness (QED) is 0.847. The Morgan fingerprint density at radius 3 is 2.68 bits per heavy atom. The van der Waals surface area contributed by atoms with Crippen molar-refractivity contribution in [3.8, 4) is 5.75 Å². The zero-order valence-electron chi connectivity index (χ0n) is 12.9. The molecule has 5 heteroatoms. The molecule has 0 unspecified atom stereocenters. The Morgan fingerprint density at radius 2 is 2.09 bits per heavy atom. The van der Waals surface area contributed by atoms with E-state index in [1.165, 1.54) is 18.7 Å². The summed E-state index contributed by atoms with van der Waals surface area (Å²) in [4.78, 5) is 23.0. The van der Waals surface area contributed by atoms with Gasteiger partial charge in [-0.25, -0.2) is 4.79 Å². The average Bonchev–Trinajstić information content (AvgIpc) is 2.93. The first-order chi connectivity index (χ1) is 10.5. The highest BCUT2D eigenvalue weighted by atomic mass is 16.5. The van der Waals surface area contributed by atoms with Crippen LogP contribution in [-0.4, -0.2) is 30.6 Å². The minimum absolute atomic E-state index is 0.0103. The van der Waals surface area contributed by atoms with Gasteiger partial charge in [0, 0.05) is 12.1 Å². The minimum atomic E-state index is -0.984. The van der Waals surface area contributed by atoms with Crippen LogP contribution < -0.4 is 10.1 Å². The summed E-state index contributed by atoms with van der Waals surface area (Å²) in [7, 11) is 1.51. The fourth-order valence-corrected chi connectivity index (χ4v) is 2.70. The number of rotatable bonds is 6. The standard InChI is InChI=1S/C17H21NO4/c1-11-4-3-5-14(11)16(19)18-9-8-12-6-7-13(17(20)21)10-15(12)22-2/h6-7,10H,3-5,8-9H2,1-2H3,(H,18,19)(H,20,21). The molecule has 0 bridgehead atoms. The van der Waals surface area contributed by atoms with Crippen molar-refractivity contribution in [1.82, 2.24) is 5.32 Å². The fraction of sp³-hybridized carbons (Fsp3) is 0.412. The molecule has 0 aromatic heterocycles. The lowest BCUT2D eigenvalue weighted by Crippen LogP contribution is -2.27. The maximum absolute atomic E-state index is 12.1. The van der Waals surface area contributed by atoms with Crippen molar-refractivity contribution in [3.05, 3.63) is 40.5 Å². The van der Waals surface area contributed by atoms with Crippen LogP contribution in [0.2, 0.25) is 0 Å². The number of nitrogens with one attached hydrogen (secondary N) is 1. The molecule has 0 heterocycles. The van der Waals surface area contributed by atoms with Gasteiger partial charge in [-0.05, 0) is 50.3 Å². The van der Waals surface area contributed by atoms with E-state index in [0.29, 0.717) is 18.7 Å². The van der Waals surface area contributed by atoms with E-state index in [0.717, 1.165) is 30.4 Å². The second-order valence-corrected chi connectivity index (χ2v) is 5.45. The van der Waals surface area contributed by atoms with Crippen molar-refractivity contribution in [2.45, 2.75) is 32.6 Å². The van der Waals surface area contributed by atoms with Crippen LogP contribution in [0.4, 0.5) is 0 Å². The molecule has 0 radical (unpaired) electrons. The summed E-state index contributed by atoms with van der Waals surface area (Å²) >= 11 is 0. The number of hydrogen-bond donors (Lipinski definition) is 2. The number of carbonyl (C=O) groups is 2. The van der Waals surface area contributed by atoms with Gasteiger partial charge in [0.05, 0.1) is 12.7 Å². The summed E-state index contributed by atoms with van der Waals surface area (Å²) in [6, 6.07) is 4.78. The molecule has 1 aliphatic carbocycles. The first-order valence-corrected chi connectivity index (χ1v) is 7.40. The number of carbonyl (C=O) groups excluding carboxylic acids is 1. The summed E-state index contributed by atoms with van der Waals surface area (Å²) in [5.74, 6) is -0.441. The maximum Gasteiger partial charge on any atom is 0.335 e. The van der Waals surface area contributed by atoms with Crippen LogP contribution >= 0.6 is 0 Å². The maximum atomic E-state index is 12.1. The van der Waals surface area contributed by atoms with Gasteiger partial charge in [-0.2, -0.15) is 0 Å². The van der Waals surface area contributed by atoms with E-state index in [4.69, 9.17) is 9.84 Å². The average molecular weight is 303 g/mol. The number of allylic oxidation sites excluding steroid dienone is 1. The molecule has 2 rings (SSSR count). The van der Waals surface area contributed by atoms with Gasteiger partial charge >= 0.3 is 5.97 Å². The SMILES string of the molecule is COc1cc(C(=O)O)ccc1CCNC(=O)C1=C(C)CCC1. The van der Waals surface area contributed by atoms with Crippen LogP contribution in [0.5, 0.6) is 5.75 Å². The molecular formula is C17H21NO4. The monoisotopic (exact) mass is 303 g/mol. The lowest BCUT2D eigenvalue weighted by atomic mass is 10.1. The van der Waals surface area contributed by atoms with Crippen LogP contribution in [0.15, 0.2) is 29.3 Å². The zero-order chi connectivity index (χ0) is 16.1. The Balaban J connectivity index is 1.95. The highest BCUT2D eigenvalue weighted by molar-refractivity contribution is 5.94. The summed E-state index contributed by atoms with van der Waals surface area (Å²) in [5.41, 5.74) is 3.16. The molecule has 0 spiro atoms. The van der Waals surface area contributed by atoms with Crippen molar-refractivity contribution in [2.75, 3.05) is 13.7 Å². The topological polar surface area (TPSA) is 75.6 Å². The predicted octanol–water partition coefficient (Wildman–Crippen LogP) is 2.55. The van der Waals surface area contributed by atoms with Gasteiger partial charge < -0.3 is 15.2 Å². The van der Waals surface area contributed by atoms with Crippen molar-refractivity contribution in [3.63, 3.8) is 0 Å². The fourth-order valence-electron chi connectivity index (χ4n) is 2.70. The van der Waals surface area contributed by atoms with Gasteiger partial charge in [0.1, 0.15) is 5.75 Å². The number of amides is 1. The van der Waals surface area contributed by atoms with E-state index in [-0.39, 0.29) is 11.5 Å². The lowest BCUT2D eigenvalue weighted by Gasteiger charge is -2.11. The number of carboxylic acids is 1. The minimum Gasteiger partial charge on any atom is -0.496 e. The zero-order valence-corrected chi connectivity index (χ0v) is 12.9. The molecule has 1 aliphatic rings. The summed E-state index contributed by atoms with van der Waals surface area (Å²) in [6.45, 7) is 2.51. The van der Waals surface area contributed by atoms with Gasteiger partial charge in [0.2, 0.25) is 5.91 Å². The number of hydrogen-bond acceptors (Lipinski definition) is 3. The molecule has 118 valence electrons. The molecule has 22 heavy (non-hydrogen) atoms. The number of carboxylic acid groups (broad SMARTS) is 1. The van der Waals surface area contributed by atoms with E-state index in [2.05, 4.69) is 5.32 Å². The summed E-state index contributed by atoms with van der Waals surface area (Å²) < 4.78 is 5.23. The number of methoxy groups -OCH3 is 1. The lowest BCUT2D eigenvalue weighted by molar-refractivity contribution is -0.117. The molecular weight excluding hydrogens is 282 g/mol. The molecule has 5 nitrogen and oxygen atoms in total. The van der Waals surface area contributed by atoms with Crippen LogP contribution in [-0.2, 0) is 11.2 Å². The third-order valence-electron chi connectivity index (χ3n) is 3.98. The van der Waals surface area contributed by atoms with E-state index in [1.54, 1.807) is 12.1 Å². The van der Waals surface area contributed by atoms with Gasteiger partial charge in [0.15, 0.2) is 0 Å². The number of ether oxygens (including phenoxy) is 1. The molecule has 1 aromatic carbocycles. The third-order valence-corrected chi connectivity index (χ3v) is 3.98.